The molecule has 38 heavy (non-hydrogen) atoms. The Kier molecular flexibility index (Phi) is 8.42. The van der Waals surface area contributed by atoms with Crippen LogP contribution in [0, 0.1) is 20.2 Å². The summed E-state index contributed by atoms with van der Waals surface area (Å²) in [5.74, 6) is 0.768. The van der Waals surface area contributed by atoms with Gasteiger partial charge in [0.1, 0.15) is 17.6 Å². The van der Waals surface area contributed by atoms with E-state index in [-0.39, 0.29) is 11.9 Å². The highest BCUT2D eigenvalue weighted by Crippen LogP contribution is 2.32. The lowest BCUT2D eigenvalue weighted by atomic mass is 10.1. The van der Waals surface area contributed by atoms with Gasteiger partial charge >= 0.3 is 0 Å². The normalized spacial score (nSPS) is 13.6. The van der Waals surface area contributed by atoms with Gasteiger partial charge in [-0.3, -0.25) is 20.2 Å². The van der Waals surface area contributed by atoms with Crippen molar-refractivity contribution < 1.29 is 19.3 Å². The molecule has 0 amide bonds. The summed E-state index contributed by atoms with van der Waals surface area (Å²) < 4.78 is 11.9. The van der Waals surface area contributed by atoms with Crippen molar-refractivity contribution in [1.29, 1.82) is 0 Å². The predicted molar refractivity (Wildman–Crippen MR) is 143 cm³/mol. The SMILES string of the molecule is CC(C)Oc1ccc(C(CN2C=CN(CCc3ccccc3)C2)Oc2cc([N+](=O)[O-])cc([N+](=O)[O-])c2)cc1. The third-order valence-corrected chi connectivity index (χ3v) is 5.98. The van der Waals surface area contributed by atoms with Gasteiger partial charge in [-0.2, -0.15) is 0 Å². The lowest BCUT2D eigenvalue weighted by Crippen LogP contribution is -2.31. The van der Waals surface area contributed by atoms with Crippen LogP contribution in [0.15, 0.2) is 85.2 Å². The average Bonchev–Trinajstić information content (AvgIpc) is 3.35. The molecule has 4 rings (SSSR count). The molecule has 0 fully saturated rings. The number of nitrogens with zero attached hydrogens (tertiary/aromatic N) is 4. The van der Waals surface area contributed by atoms with Crippen molar-refractivity contribution in [3.63, 3.8) is 0 Å². The van der Waals surface area contributed by atoms with E-state index < -0.39 is 27.3 Å². The molecule has 1 unspecified atom stereocenters. The smallest absolute Gasteiger partial charge is 0.280 e. The maximum Gasteiger partial charge on any atom is 0.280 e. The number of non-ortho nitro benzene ring substituents is 2. The lowest BCUT2D eigenvalue weighted by molar-refractivity contribution is -0.394. The van der Waals surface area contributed by atoms with Crippen LogP contribution in [-0.2, 0) is 6.42 Å². The highest BCUT2D eigenvalue weighted by atomic mass is 16.6. The van der Waals surface area contributed by atoms with Crippen LogP contribution in [0.3, 0.4) is 0 Å². The standard InChI is InChI=1S/C28H30N4O6/c1-21(2)37-26-10-8-23(9-11-26)28(38-27-17-24(31(33)34)16-25(18-27)32(35)36)19-30-15-14-29(20-30)13-12-22-6-4-3-5-7-22/h3-11,14-18,21,28H,12-13,19-20H2,1-2H3. The molecule has 0 radical (unpaired) electrons. The van der Waals surface area contributed by atoms with Crippen molar-refractivity contribution in [2.24, 2.45) is 0 Å². The number of hydrogen-bond acceptors (Lipinski definition) is 8. The van der Waals surface area contributed by atoms with Crippen LogP contribution in [0.2, 0.25) is 0 Å². The molecule has 1 aliphatic heterocycles. The number of hydrogen-bond donors (Lipinski definition) is 0. The minimum Gasteiger partial charge on any atom is -0.491 e. The van der Waals surface area contributed by atoms with Crippen molar-refractivity contribution >= 4 is 11.4 Å². The molecule has 0 bridgehead atoms. The van der Waals surface area contributed by atoms with Gasteiger partial charge in [0.05, 0.1) is 47.4 Å². The van der Waals surface area contributed by atoms with E-state index in [1.54, 1.807) is 0 Å². The fraction of sp³-hybridized carbons (Fsp3) is 0.286. The Morgan fingerprint density at radius 1 is 0.816 bits per heavy atom. The molecule has 198 valence electrons. The Hall–Kier alpha value is -4.60. The van der Waals surface area contributed by atoms with Gasteiger partial charge < -0.3 is 19.3 Å². The topological polar surface area (TPSA) is 111 Å². The number of benzene rings is 3. The van der Waals surface area contributed by atoms with E-state index in [0.29, 0.717) is 19.0 Å². The minimum atomic E-state index is -0.666. The van der Waals surface area contributed by atoms with Crippen LogP contribution in [0.4, 0.5) is 11.4 Å². The van der Waals surface area contributed by atoms with Gasteiger partial charge in [-0.25, -0.2) is 0 Å². The van der Waals surface area contributed by atoms with E-state index >= 15 is 0 Å². The summed E-state index contributed by atoms with van der Waals surface area (Å²) in [7, 11) is 0. The molecule has 0 saturated carbocycles. The fourth-order valence-electron chi connectivity index (χ4n) is 4.17. The first kappa shape index (κ1) is 26.5. The summed E-state index contributed by atoms with van der Waals surface area (Å²) in [5.41, 5.74) is 1.27. The maximum atomic E-state index is 11.4. The Morgan fingerprint density at radius 3 is 2.05 bits per heavy atom. The number of nitro benzene ring substituents is 2. The third kappa shape index (κ3) is 7.22. The van der Waals surface area contributed by atoms with Gasteiger partial charge in [0.2, 0.25) is 0 Å². The largest absolute Gasteiger partial charge is 0.491 e. The fourth-order valence-corrected chi connectivity index (χ4v) is 4.17. The van der Waals surface area contributed by atoms with Crippen LogP contribution >= 0.6 is 0 Å². The van der Waals surface area contributed by atoms with Gasteiger partial charge in [-0.05, 0) is 43.5 Å². The molecule has 0 aromatic heterocycles. The molecule has 0 saturated heterocycles. The Morgan fingerprint density at radius 2 is 1.45 bits per heavy atom. The molecular weight excluding hydrogens is 488 g/mol. The zero-order valence-electron chi connectivity index (χ0n) is 21.3. The van der Waals surface area contributed by atoms with Crippen molar-refractivity contribution in [1.82, 2.24) is 9.80 Å². The van der Waals surface area contributed by atoms with E-state index in [2.05, 4.69) is 21.9 Å². The molecule has 0 spiro atoms. The molecule has 3 aromatic carbocycles. The second-order valence-electron chi connectivity index (χ2n) is 9.30. The summed E-state index contributed by atoms with van der Waals surface area (Å²) in [6, 6.07) is 21.0. The zero-order chi connectivity index (χ0) is 27.1. The summed E-state index contributed by atoms with van der Waals surface area (Å²) in [5, 5.41) is 22.8. The predicted octanol–water partition coefficient (Wildman–Crippen LogP) is 5.70. The number of nitro groups is 2. The molecule has 1 aliphatic rings. The highest BCUT2D eigenvalue weighted by molar-refractivity contribution is 5.50. The van der Waals surface area contributed by atoms with Crippen molar-refractivity contribution in [2.75, 3.05) is 19.8 Å². The van der Waals surface area contributed by atoms with E-state index in [4.69, 9.17) is 9.47 Å². The van der Waals surface area contributed by atoms with Crippen LogP contribution in [0.25, 0.3) is 0 Å². The van der Waals surface area contributed by atoms with Gasteiger partial charge in [0.25, 0.3) is 11.4 Å². The Balaban J connectivity index is 1.52. The van der Waals surface area contributed by atoms with Gasteiger partial charge in [0.15, 0.2) is 0 Å². The molecule has 0 N–H and O–H groups in total. The molecule has 3 aromatic rings. The number of ether oxygens (including phenoxy) is 2. The van der Waals surface area contributed by atoms with Crippen molar-refractivity contribution in [3.05, 3.63) is 117 Å². The summed E-state index contributed by atoms with van der Waals surface area (Å²) in [6.07, 6.45) is 4.39. The van der Waals surface area contributed by atoms with E-state index in [9.17, 15) is 20.2 Å². The van der Waals surface area contributed by atoms with Gasteiger partial charge in [0, 0.05) is 18.9 Å². The minimum absolute atomic E-state index is 0.0231. The second-order valence-corrected chi connectivity index (χ2v) is 9.30. The highest BCUT2D eigenvalue weighted by Gasteiger charge is 2.24. The van der Waals surface area contributed by atoms with Crippen LogP contribution in [0.1, 0.15) is 31.1 Å². The van der Waals surface area contributed by atoms with Gasteiger partial charge in [-0.1, -0.05) is 42.5 Å². The summed E-state index contributed by atoms with van der Waals surface area (Å²) >= 11 is 0. The Labute approximate surface area is 221 Å². The molecule has 10 heteroatoms. The van der Waals surface area contributed by atoms with Crippen LogP contribution < -0.4 is 9.47 Å². The van der Waals surface area contributed by atoms with E-state index in [1.165, 1.54) is 17.7 Å². The van der Waals surface area contributed by atoms with Crippen molar-refractivity contribution in [2.45, 2.75) is 32.5 Å². The van der Waals surface area contributed by atoms with Crippen LogP contribution in [0.5, 0.6) is 11.5 Å². The second kappa shape index (κ2) is 12.1. The summed E-state index contributed by atoms with van der Waals surface area (Å²) in [6.45, 7) is 5.81. The Bertz CT molecular complexity index is 1250. The van der Waals surface area contributed by atoms with E-state index in [1.807, 2.05) is 68.7 Å². The molecule has 0 aliphatic carbocycles. The lowest BCUT2D eigenvalue weighted by Gasteiger charge is -2.27. The maximum absolute atomic E-state index is 11.4. The average molecular weight is 519 g/mol. The van der Waals surface area contributed by atoms with Gasteiger partial charge in [-0.15, -0.1) is 0 Å². The monoisotopic (exact) mass is 518 g/mol. The van der Waals surface area contributed by atoms with Crippen LogP contribution in [-0.4, -0.2) is 45.5 Å². The first-order valence-electron chi connectivity index (χ1n) is 12.3. The molecule has 10 nitrogen and oxygen atoms in total. The molecule has 1 heterocycles. The third-order valence-electron chi connectivity index (χ3n) is 5.98. The number of rotatable bonds is 12. The zero-order valence-corrected chi connectivity index (χ0v) is 21.3. The van der Waals surface area contributed by atoms with Crippen molar-refractivity contribution in [3.8, 4) is 11.5 Å². The van der Waals surface area contributed by atoms with E-state index in [0.717, 1.165) is 24.6 Å². The summed E-state index contributed by atoms with van der Waals surface area (Å²) in [4.78, 5) is 25.7. The molecular formula is C28H30N4O6. The first-order valence-corrected chi connectivity index (χ1v) is 12.3. The first-order chi connectivity index (χ1) is 18.3. The molecule has 1 atom stereocenters. The quantitative estimate of drug-likeness (QED) is 0.222.